The van der Waals surface area contributed by atoms with Crippen LogP contribution < -0.4 is 0 Å². The highest BCUT2D eigenvalue weighted by atomic mass is 32.2. The number of methoxy groups -OCH3 is 1. The Kier molecular flexibility index (Phi) is 5.00. The highest BCUT2D eigenvalue weighted by Gasteiger charge is 2.20. The van der Waals surface area contributed by atoms with Crippen molar-refractivity contribution in [3.8, 4) is 0 Å². The number of benzene rings is 1. The number of para-hydroxylation sites is 2. The van der Waals surface area contributed by atoms with Crippen molar-refractivity contribution >= 4 is 28.7 Å². The van der Waals surface area contributed by atoms with Crippen LogP contribution in [0.15, 0.2) is 29.4 Å². The van der Waals surface area contributed by atoms with Gasteiger partial charge in [-0.1, -0.05) is 23.9 Å². The molecule has 0 aliphatic carbocycles. The Morgan fingerprint density at radius 1 is 1.32 bits per heavy atom. The van der Waals surface area contributed by atoms with Crippen molar-refractivity contribution in [3.05, 3.63) is 24.3 Å². The van der Waals surface area contributed by atoms with Gasteiger partial charge < -0.3 is 14.2 Å². The van der Waals surface area contributed by atoms with Crippen molar-refractivity contribution in [3.63, 3.8) is 0 Å². The largest absolute Gasteiger partial charge is 0.383 e. The Labute approximate surface area is 134 Å². The van der Waals surface area contributed by atoms with E-state index in [1.54, 1.807) is 18.9 Å². The summed E-state index contributed by atoms with van der Waals surface area (Å²) in [6.07, 6.45) is 1.70. The van der Waals surface area contributed by atoms with Crippen LogP contribution in [-0.2, 0) is 16.1 Å². The normalized spacial score (nSPS) is 15.1. The van der Waals surface area contributed by atoms with E-state index < -0.39 is 0 Å². The van der Waals surface area contributed by atoms with Crippen molar-refractivity contribution < 1.29 is 9.53 Å². The molecule has 5 nitrogen and oxygen atoms in total. The first-order valence-corrected chi connectivity index (χ1v) is 8.63. The van der Waals surface area contributed by atoms with Crippen molar-refractivity contribution in [1.29, 1.82) is 0 Å². The summed E-state index contributed by atoms with van der Waals surface area (Å²) in [6.45, 7) is 3.16. The minimum atomic E-state index is 0.286. The number of rotatable bonds is 7. The van der Waals surface area contributed by atoms with Gasteiger partial charge in [-0.15, -0.1) is 0 Å². The van der Waals surface area contributed by atoms with Gasteiger partial charge >= 0.3 is 0 Å². The van der Waals surface area contributed by atoms with Gasteiger partial charge in [-0.05, 0) is 18.6 Å². The maximum Gasteiger partial charge on any atom is 0.222 e. The van der Waals surface area contributed by atoms with Gasteiger partial charge in [0.05, 0.1) is 17.6 Å². The van der Waals surface area contributed by atoms with Crippen LogP contribution in [0, 0.1) is 0 Å². The van der Waals surface area contributed by atoms with Crippen molar-refractivity contribution in [2.45, 2.75) is 24.5 Å². The molecule has 1 saturated heterocycles. The lowest BCUT2D eigenvalue weighted by Gasteiger charge is -2.15. The number of fused-ring (bicyclic) bond motifs is 1. The van der Waals surface area contributed by atoms with Crippen LogP contribution in [0.5, 0.6) is 0 Å². The fourth-order valence-electron chi connectivity index (χ4n) is 2.75. The molecule has 1 aromatic carbocycles. The molecule has 2 aromatic rings. The zero-order valence-electron chi connectivity index (χ0n) is 12.8. The molecule has 2 heterocycles. The lowest BCUT2D eigenvalue weighted by atomic mass is 10.3. The highest BCUT2D eigenvalue weighted by Crippen LogP contribution is 2.24. The Bertz CT molecular complexity index is 656. The van der Waals surface area contributed by atoms with Crippen LogP contribution in [0.3, 0.4) is 0 Å². The first-order chi connectivity index (χ1) is 10.8. The zero-order chi connectivity index (χ0) is 15.4. The molecule has 0 atom stereocenters. The Morgan fingerprint density at radius 3 is 2.95 bits per heavy atom. The summed E-state index contributed by atoms with van der Waals surface area (Å²) in [5.74, 6) is 1.16. The number of amides is 1. The lowest BCUT2D eigenvalue weighted by Crippen LogP contribution is -2.27. The summed E-state index contributed by atoms with van der Waals surface area (Å²) < 4.78 is 7.41. The molecule has 0 spiro atoms. The van der Waals surface area contributed by atoms with Crippen LogP contribution in [0.25, 0.3) is 11.0 Å². The molecule has 0 saturated carbocycles. The predicted octanol–water partition coefficient (Wildman–Crippen LogP) is 2.40. The van der Waals surface area contributed by atoms with Crippen molar-refractivity contribution in [2.24, 2.45) is 0 Å². The fourth-order valence-corrected chi connectivity index (χ4v) is 3.75. The average molecular weight is 319 g/mol. The molecular weight excluding hydrogens is 298 g/mol. The molecule has 1 amide bonds. The summed E-state index contributed by atoms with van der Waals surface area (Å²) in [4.78, 5) is 18.3. The van der Waals surface area contributed by atoms with Gasteiger partial charge in [-0.25, -0.2) is 4.98 Å². The number of thioether (sulfide) groups is 1. The summed E-state index contributed by atoms with van der Waals surface area (Å²) in [6, 6.07) is 8.16. The number of nitrogens with zero attached hydrogens (tertiary/aromatic N) is 3. The van der Waals surface area contributed by atoms with Crippen LogP contribution >= 0.6 is 11.8 Å². The van der Waals surface area contributed by atoms with Gasteiger partial charge in [-0.3, -0.25) is 4.79 Å². The van der Waals surface area contributed by atoms with E-state index in [1.165, 1.54) is 0 Å². The summed E-state index contributed by atoms with van der Waals surface area (Å²) in [5.41, 5.74) is 2.15. The third-order valence-corrected chi connectivity index (χ3v) is 4.86. The second kappa shape index (κ2) is 7.15. The molecule has 1 aliphatic rings. The maximum absolute atomic E-state index is 11.6. The topological polar surface area (TPSA) is 47.4 Å². The highest BCUT2D eigenvalue weighted by molar-refractivity contribution is 7.99. The molecule has 22 heavy (non-hydrogen) atoms. The van der Waals surface area contributed by atoms with Gasteiger partial charge in [0.2, 0.25) is 5.91 Å². The van der Waals surface area contributed by atoms with E-state index in [2.05, 4.69) is 10.6 Å². The second-order valence-electron chi connectivity index (χ2n) is 5.36. The molecule has 0 unspecified atom stereocenters. The fraction of sp³-hybridized carbons (Fsp3) is 0.500. The molecule has 1 aliphatic heterocycles. The summed E-state index contributed by atoms with van der Waals surface area (Å²) in [5, 5.41) is 1.00. The number of aromatic nitrogens is 2. The van der Waals surface area contributed by atoms with E-state index in [9.17, 15) is 4.79 Å². The SMILES string of the molecule is COCCn1c(SCCN2CCCC2=O)nc2ccccc21. The van der Waals surface area contributed by atoms with E-state index in [4.69, 9.17) is 9.72 Å². The molecular formula is C16H21N3O2S. The third kappa shape index (κ3) is 3.28. The van der Waals surface area contributed by atoms with E-state index in [0.717, 1.165) is 48.0 Å². The number of likely N-dealkylation sites (tertiary alicyclic amines) is 1. The number of carbonyl (C=O) groups excluding carboxylic acids is 1. The third-order valence-electron chi connectivity index (χ3n) is 3.90. The van der Waals surface area contributed by atoms with E-state index >= 15 is 0 Å². The van der Waals surface area contributed by atoms with Gasteiger partial charge in [0.1, 0.15) is 0 Å². The number of imidazole rings is 1. The molecule has 0 bridgehead atoms. The monoisotopic (exact) mass is 319 g/mol. The van der Waals surface area contributed by atoms with E-state index in [0.29, 0.717) is 13.0 Å². The Balaban J connectivity index is 1.70. The maximum atomic E-state index is 11.6. The van der Waals surface area contributed by atoms with Crippen LogP contribution in [-0.4, -0.2) is 52.9 Å². The second-order valence-corrected chi connectivity index (χ2v) is 6.42. The minimum Gasteiger partial charge on any atom is -0.383 e. The van der Waals surface area contributed by atoms with Crippen LogP contribution in [0.4, 0.5) is 0 Å². The number of carbonyl (C=O) groups is 1. The van der Waals surface area contributed by atoms with Crippen LogP contribution in [0.2, 0.25) is 0 Å². The molecule has 6 heteroatoms. The van der Waals surface area contributed by atoms with Crippen molar-refractivity contribution in [1.82, 2.24) is 14.5 Å². The lowest BCUT2D eigenvalue weighted by molar-refractivity contribution is -0.127. The molecule has 0 radical (unpaired) electrons. The minimum absolute atomic E-state index is 0.286. The summed E-state index contributed by atoms with van der Waals surface area (Å²) in [7, 11) is 1.71. The van der Waals surface area contributed by atoms with Gasteiger partial charge in [0.15, 0.2) is 5.16 Å². The van der Waals surface area contributed by atoms with Crippen LogP contribution in [0.1, 0.15) is 12.8 Å². The number of hydrogen-bond acceptors (Lipinski definition) is 4. The quantitative estimate of drug-likeness (QED) is 0.735. The molecule has 1 aromatic heterocycles. The van der Waals surface area contributed by atoms with Gasteiger partial charge in [-0.2, -0.15) is 0 Å². The van der Waals surface area contributed by atoms with Gasteiger partial charge in [0, 0.05) is 38.9 Å². The number of ether oxygens (including phenoxy) is 1. The van der Waals surface area contributed by atoms with Crippen molar-refractivity contribution in [2.75, 3.05) is 32.6 Å². The number of hydrogen-bond donors (Lipinski definition) is 0. The first-order valence-electron chi connectivity index (χ1n) is 7.64. The molecule has 3 rings (SSSR count). The molecule has 1 fully saturated rings. The standard InChI is InChI=1S/C16H21N3O2S/c1-21-11-9-19-14-6-3-2-5-13(14)17-16(19)22-12-10-18-8-4-7-15(18)20/h2-3,5-6H,4,7-12H2,1H3. The molecule has 0 N–H and O–H groups in total. The van der Waals surface area contributed by atoms with E-state index in [1.807, 2.05) is 23.1 Å². The van der Waals surface area contributed by atoms with Gasteiger partial charge in [0.25, 0.3) is 0 Å². The smallest absolute Gasteiger partial charge is 0.222 e. The first kappa shape index (κ1) is 15.4. The Morgan fingerprint density at radius 2 is 2.18 bits per heavy atom. The zero-order valence-corrected chi connectivity index (χ0v) is 13.6. The predicted molar refractivity (Wildman–Crippen MR) is 88.1 cm³/mol. The average Bonchev–Trinajstić information content (AvgIpc) is 3.09. The molecule has 118 valence electrons. The summed E-state index contributed by atoms with van der Waals surface area (Å²) >= 11 is 1.71. The Hall–Kier alpha value is -1.53. The van der Waals surface area contributed by atoms with E-state index in [-0.39, 0.29) is 5.91 Å².